The number of carbonyl (C=O) groups is 2. The Morgan fingerprint density at radius 3 is 1.64 bits per heavy atom. The molecular weight excluding hydrogens is 550 g/mol. The topological polar surface area (TPSA) is 87.1 Å². The molecule has 0 unspecified atom stereocenters. The molecule has 0 fully saturated rings. The van der Waals surface area contributed by atoms with Crippen molar-refractivity contribution in [2.24, 2.45) is 0 Å². The molecule has 0 bridgehead atoms. The molecule has 0 saturated carbocycles. The molecule has 1 amide bonds. The highest BCUT2D eigenvalue weighted by molar-refractivity contribution is 6.06. The maximum absolute atomic E-state index is 13.8. The molecule has 2 N–H and O–H groups in total. The van der Waals surface area contributed by atoms with E-state index in [0.717, 1.165) is 47.9 Å². The van der Waals surface area contributed by atoms with Crippen molar-refractivity contribution in [3.05, 3.63) is 132 Å². The highest BCUT2D eigenvalue weighted by Gasteiger charge is 2.19. The Morgan fingerprint density at radius 2 is 1.11 bits per heavy atom. The predicted molar refractivity (Wildman–Crippen MR) is 174 cm³/mol. The predicted octanol–water partition coefficient (Wildman–Crippen LogP) is 8.88. The molecule has 6 nitrogen and oxygen atoms in total. The van der Waals surface area contributed by atoms with Crippen LogP contribution in [0.1, 0.15) is 53.3 Å². The Bertz CT molecular complexity index is 1690. The van der Waals surface area contributed by atoms with E-state index in [0.29, 0.717) is 29.1 Å². The van der Waals surface area contributed by atoms with Crippen LogP contribution >= 0.6 is 0 Å². The maximum Gasteiger partial charge on any atom is 0.343 e. The fourth-order valence-electron chi connectivity index (χ4n) is 4.99. The summed E-state index contributed by atoms with van der Waals surface area (Å²) in [4.78, 5) is 28.5. The zero-order chi connectivity index (χ0) is 30.9. The monoisotopic (exact) mass is 585 g/mol. The van der Waals surface area contributed by atoms with Gasteiger partial charge < -0.3 is 19.8 Å². The third-order valence-corrected chi connectivity index (χ3v) is 7.47. The van der Waals surface area contributed by atoms with Gasteiger partial charge in [-0.3, -0.25) is 4.79 Å². The molecule has 0 saturated heterocycles. The normalized spacial score (nSPS) is 10.8. The second kappa shape index (κ2) is 14.2. The fraction of sp³-hybridized carbons (Fsp3) is 0.158. The molecule has 5 aromatic rings. The van der Waals surface area contributed by atoms with Crippen LogP contribution in [0.4, 0.5) is 5.69 Å². The molecule has 0 aliphatic carbocycles. The summed E-state index contributed by atoms with van der Waals surface area (Å²) in [6.07, 6.45) is 4.04. The molecule has 44 heavy (non-hydrogen) atoms. The summed E-state index contributed by atoms with van der Waals surface area (Å²) in [6, 6.07) is 35.4. The summed E-state index contributed by atoms with van der Waals surface area (Å²) in [5.74, 6) is 0.123. The number of rotatable bonds is 11. The van der Waals surface area contributed by atoms with E-state index in [1.165, 1.54) is 0 Å². The average molecular weight is 586 g/mol. The van der Waals surface area contributed by atoms with Crippen LogP contribution in [0, 0.1) is 0 Å². The summed E-state index contributed by atoms with van der Waals surface area (Å²) >= 11 is 0. The smallest absolute Gasteiger partial charge is 0.343 e. The minimum Gasteiger partial charge on any atom is -0.508 e. The van der Waals surface area contributed by atoms with Crippen LogP contribution in [0.3, 0.4) is 0 Å². The van der Waals surface area contributed by atoms with Crippen molar-refractivity contribution in [3.63, 3.8) is 0 Å². The van der Waals surface area contributed by atoms with Gasteiger partial charge in [-0.1, -0.05) is 80.8 Å². The van der Waals surface area contributed by atoms with E-state index in [1.807, 2.05) is 66.7 Å². The number of unbranched alkanes of at least 4 members (excludes halogenated alkanes) is 3. The first-order valence-electron chi connectivity index (χ1n) is 14.8. The van der Waals surface area contributed by atoms with Crippen LogP contribution in [0.25, 0.3) is 22.3 Å². The molecule has 0 aliphatic rings. The van der Waals surface area contributed by atoms with Crippen molar-refractivity contribution in [3.8, 4) is 39.5 Å². The minimum atomic E-state index is -0.495. The number of anilines is 1. The van der Waals surface area contributed by atoms with Gasteiger partial charge in [0.15, 0.2) is 0 Å². The number of phenols is 2. The molecule has 0 aromatic heterocycles. The molecular formula is C38H35NO5. The van der Waals surface area contributed by atoms with Crippen LogP contribution in [0.2, 0.25) is 0 Å². The van der Waals surface area contributed by atoms with Gasteiger partial charge in [-0.25, -0.2) is 4.79 Å². The van der Waals surface area contributed by atoms with Crippen molar-refractivity contribution in [1.82, 2.24) is 0 Å². The highest BCUT2D eigenvalue weighted by Crippen LogP contribution is 2.27. The quantitative estimate of drug-likeness (QED) is 0.0918. The number of aromatic hydroxyl groups is 2. The van der Waals surface area contributed by atoms with Gasteiger partial charge in [-0.2, -0.15) is 0 Å². The largest absolute Gasteiger partial charge is 0.508 e. The number of hydrogen-bond donors (Lipinski definition) is 2. The van der Waals surface area contributed by atoms with E-state index in [1.54, 1.807) is 59.5 Å². The van der Waals surface area contributed by atoms with Gasteiger partial charge in [-0.05, 0) is 89.3 Å². The zero-order valence-corrected chi connectivity index (χ0v) is 24.6. The van der Waals surface area contributed by atoms with Gasteiger partial charge in [0.2, 0.25) is 0 Å². The van der Waals surface area contributed by atoms with Gasteiger partial charge in [-0.15, -0.1) is 0 Å². The summed E-state index contributed by atoms with van der Waals surface area (Å²) in [7, 11) is 0. The number of amides is 1. The Labute approximate surface area is 257 Å². The maximum atomic E-state index is 13.8. The lowest BCUT2D eigenvalue weighted by molar-refractivity contribution is 0.0734. The first-order valence-corrected chi connectivity index (χ1v) is 14.8. The molecule has 5 rings (SSSR count). The van der Waals surface area contributed by atoms with Crippen LogP contribution in [0.5, 0.6) is 17.2 Å². The first-order chi connectivity index (χ1) is 21.4. The second-order valence-electron chi connectivity index (χ2n) is 10.7. The SMILES string of the molecule is CCCCCCN(C(=O)c1ccc(-c2ccc(O)cc2)cc1)c1cccc(OC(=O)c2ccc(-c3ccc(O)cc3)cc2)c1. The molecule has 222 valence electrons. The number of ether oxygens (including phenoxy) is 1. The van der Waals surface area contributed by atoms with E-state index in [9.17, 15) is 19.8 Å². The van der Waals surface area contributed by atoms with Crippen LogP contribution in [-0.2, 0) is 0 Å². The van der Waals surface area contributed by atoms with E-state index < -0.39 is 5.97 Å². The number of benzene rings is 5. The van der Waals surface area contributed by atoms with Gasteiger partial charge in [0.05, 0.1) is 5.56 Å². The summed E-state index contributed by atoms with van der Waals surface area (Å²) in [6.45, 7) is 2.69. The standard InChI is InChI=1S/C38H35NO5/c1-2-3-4-5-25-39(37(42)31-13-9-27(10-14-31)29-17-21-34(40)22-18-29)33-7-6-8-36(26-33)44-38(43)32-15-11-28(12-16-32)30-19-23-35(41)24-20-30/h6-24,26,40-41H,2-5,25H2,1H3. The lowest BCUT2D eigenvalue weighted by Crippen LogP contribution is -2.32. The summed E-state index contributed by atoms with van der Waals surface area (Å²) < 4.78 is 5.73. The van der Waals surface area contributed by atoms with Crippen molar-refractivity contribution in [2.45, 2.75) is 32.6 Å². The van der Waals surface area contributed by atoms with Crippen molar-refractivity contribution >= 4 is 17.6 Å². The molecule has 0 atom stereocenters. The second-order valence-corrected chi connectivity index (χ2v) is 10.7. The van der Waals surface area contributed by atoms with E-state index >= 15 is 0 Å². The first kappa shape index (κ1) is 30.1. The Hall–Kier alpha value is -5.36. The van der Waals surface area contributed by atoms with Crippen LogP contribution < -0.4 is 9.64 Å². The third kappa shape index (κ3) is 7.53. The molecule has 0 radical (unpaired) electrons. The van der Waals surface area contributed by atoms with Gasteiger partial charge in [0, 0.05) is 23.9 Å². The number of phenolic OH excluding ortho intramolecular Hbond substituents is 2. The van der Waals surface area contributed by atoms with Gasteiger partial charge in [0.25, 0.3) is 5.91 Å². The Morgan fingerprint density at radius 1 is 0.614 bits per heavy atom. The van der Waals surface area contributed by atoms with E-state index in [-0.39, 0.29) is 17.4 Å². The fourth-order valence-corrected chi connectivity index (χ4v) is 4.99. The summed E-state index contributed by atoms with van der Waals surface area (Å²) in [5.41, 5.74) is 5.34. The number of carbonyl (C=O) groups excluding carboxylic acids is 2. The Kier molecular flexibility index (Phi) is 9.72. The third-order valence-electron chi connectivity index (χ3n) is 7.47. The zero-order valence-electron chi connectivity index (χ0n) is 24.6. The molecule has 0 heterocycles. The lowest BCUT2D eigenvalue weighted by atomic mass is 10.0. The molecule has 0 spiro atoms. The minimum absolute atomic E-state index is 0.132. The summed E-state index contributed by atoms with van der Waals surface area (Å²) in [5, 5.41) is 19.1. The Balaban J connectivity index is 1.32. The van der Waals surface area contributed by atoms with Crippen molar-refractivity contribution in [1.29, 1.82) is 0 Å². The van der Waals surface area contributed by atoms with Gasteiger partial charge in [0.1, 0.15) is 17.2 Å². The molecule has 5 aromatic carbocycles. The van der Waals surface area contributed by atoms with E-state index in [4.69, 9.17) is 4.74 Å². The lowest BCUT2D eigenvalue weighted by Gasteiger charge is -2.24. The van der Waals surface area contributed by atoms with Gasteiger partial charge >= 0.3 is 5.97 Å². The number of esters is 1. The number of nitrogens with zero attached hydrogens (tertiary/aromatic N) is 1. The van der Waals surface area contributed by atoms with Crippen LogP contribution in [0.15, 0.2) is 121 Å². The molecule has 0 aliphatic heterocycles. The highest BCUT2D eigenvalue weighted by atomic mass is 16.5. The van der Waals surface area contributed by atoms with Crippen LogP contribution in [-0.4, -0.2) is 28.6 Å². The van der Waals surface area contributed by atoms with E-state index in [2.05, 4.69) is 6.92 Å². The number of hydrogen-bond acceptors (Lipinski definition) is 5. The van der Waals surface area contributed by atoms with Crippen molar-refractivity contribution < 1.29 is 24.5 Å². The van der Waals surface area contributed by atoms with Crippen molar-refractivity contribution in [2.75, 3.05) is 11.4 Å². The molecule has 6 heteroatoms. The average Bonchev–Trinajstić information content (AvgIpc) is 3.05.